The molecule has 0 bridgehead atoms. The Morgan fingerprint density at radius 3 is 2.36 bits per heavy atom. The SMILES string of the molecule is C=C(c1cccc(F)c1N)C(F)(F)F. The first kappa shape index (κ1) is 10.6. The van der Waals surface area contributed by atoms with Gasteiger partial charge in [-0.15, -0.1) is 0 Å². The standard InChI is InChI=1S/C9H7F4N/c1-5(9(11,12)13)6-3-2-4-7(10)8(6)14/h2-4H,1,14H2. The van der Waals surface area contributed by atoms with Crippen LogP contribution in [-0.2, 0) is 0 Å². The van der Waals surface area contributed by atoms with Crippen LogP contribution in [0.25, 0.3) is 5.57 Å². The highest BCUT2D eigenvalue weighted by molar-refractivity contribution is 5.76. The zero-order valence-electron chi connectivity index (χ0n) is 7.03. The van der Waals surface area contributed by atoms with E-state index in [4.69, 9.17) is 5.73 Å². The molecule has 1 nitrogen and oxygen atoms in total. The molecular weight excluding hydrogens is 198 g/mol. The van der Waals surface area contributed by atoms with E-state index >= 15 is 0 Å². The van der Waals surface area contributed by atoms with E-state index in [0.29, 0.717) is 0 Å². The molecule has 1 aromatic rings. The molecule has 0 heterocycles. The molecule has 0 atom stereocenters. The Kier molecular flexibility index (Phi) is 2.51. The number of hydrogen-bond donors (Lipinski definition) is 1. The average Bonchev–Trinajstić information content (AvgIpc) is 2.07. The molecule has 0 unspecified atom stereocenters. The number of rotatable bonds is 1. The molecule has 76 valence electrons. The normalized spacial score (nSPS) is 11.4. The number of halogens is 4. The maximum absolute atomic E-state index is 12.8. The Labute approximate surface area is 77.8 Å². The van der Waals surface area contributed by atoms with E-state index in [1.165, 1.54) is 0 Å². The third-order valence-corrected chi connectivity index (χ3v) is 1.72. The maximum atomic E-state index is 12.8. The molecule has 1 aromatic carbocycles. The smallest absolute Gasteiger partial charge is 0.396 e. The number of anilines is 1. The van der Waals surface area contributed by atoms with Gasteiger partial charge in [0, 0.05) is 5.56 Å². The van der Waals surface area contributed by atoms with Gasteiger partial charge in [0.05, 0.1) is 11.3 Å². The highest BCUT2D eigenvalue weighted by atomic mass is 19.4. The van der Waals surface area contributed by atoms with Gasteiger partial charge in [-0.05, 0) is 6.07 Å². The van der Waals surface area contributed by atoms with Crippen molar-refractivity contribution >= 4 is 11.3 Å². The van der Waals surface area contributed by atoms with Gasteiger partial charge in [-0.25, -0.2) is 4.39 Å². The van der Waals surface area contributed by atoms with Gasteiger partial charge in [0.15, 0.2) is 0 Å². The van der Waals surface area contributed by atoms with E-state index in [-0.39, 0.29) is 0 Å². The lowest BCUT2D eigenvalue weighted by molar-refractivity contribution is -0.0686. The van der Waals surface area contributed by atoms with Crippen LogP contribution >= 0.6 is 0 Å². The van der Waals surface area contributed by atoms with E-state index in [9.17, 15) is 17.6 Å². The van der Waals surface area contributed by atoms with Crippen LogP contribution in [0.1, 0.15) is 5.56 Å². The van der Waals surface area contributed by atoms with E-state index in [2.05, 4.69) is 6.58 Å². The number of allylic oxidation sites excluding steroid dienone is 1. The lowest BCUT2D eigenvalue weighted by Crippen LogP contribution is -2.11. The minimum Gasteiger partial charge on any atom is -0.396 e. The first-order chi connectivity index (χ1) is 6.34. The van der Waals surface area contributed by atoms with E-state index in [1.807, 2.05) is 0 Å². The third kappa shape index (κ3) is 1.86. The van der Waals surface area contributed by atoms with Crippen molar-refractivity contribution in [1.29, 1.82) is 0 Å². The van der Waals surface area contributed by atoms with Gasteiger partial charge in [-0.3, -0.25) is 0 Å². The van der Waals surface area contributed by atoms with Gasteiger partial charge >= 0.3 is 6.18 Å². The molecule has 1 rings (SSSR count). The summed E-state index contributed by atoms with van der Waals surface area (Å²) in [6.07, 6.45) is -4.60. The highest BCUT2D eigenvalue weighted by Crippen LogP contribution is 2.35. The van der Waals surface area contributed by atoms with Crippen LogP contribution in [0.15, 0.2) is 24.8 Å². The van der Waals surface area contributed by atoms with Gasteiger partial charge in [-0.2, -0.15) is 13.2 Å². The molecule has 2 N–H and O–H groups in total. The Bertz CT molecular complexity index is 368. The number of nitrogens with two attached hydrogens (primary N) is 1. The second-order valence-electron chi connectivity index (χ2n) is 2.68. The summed E-state index contributed by atoms with van der Waals surface area (Å²) < 4.78 is 49.3. The fourth-order valence-electron chi connectivity index (χ4n) is 0.953. The van der Waals surface area contributed by atoms with Crippen LogP contribution in [0, 0.1) is 5.82 Å². The molecule has 0 fully saturated rings. The molecule has 0 saturated heterocycles. The molecule has 0 amide bonds. The van der Waals surface area contributed by atoms with Gasteiger partial charge in [0.25, 0.3) is 0 Å². The number of para-hydroxylation sites is 1. The topological polar surface area (TPSA) is 26.0 Å². The van der Waals surface area contributed by atoms with E-state index in [1.54, 1.807) is 0 Å². The number of hydrogen-bond acceptors (Lipinski definition) is 1. The zero-order chi connectivity index (χ0) is 10.9. The average molecular weight is 205 g/mol. The van der Waals surface area contributed by atoms with Crippen molar-refractivity contribution in [2.24, 2.45) is 0 Å². The van der Waals surface area contributed by atoms with Crippen LogP contribution < -0.4 is 5.73 Å². The van der Waals surface area contributed by atoms with Crippen LogP contribution in [0.5, 0.6) is 0 Å². The summed E-state index contributed by atoms with van der Waals surface area (Å²) >= 11 is 0. The quantitative estimate of drug-likeness (QED) is 0.553. The third-order valence-electron chi connectivity index (χ3n) is 1.72. The van der Waals surface area contributed by atoms with Crippen molar-refractivity contribution in [1.82, 2.24) is 0 Å². The predicted octanol–water partition coefficient (Wildman–Crippen LogP) is 2.98. The van der Waals surface area contributed by atoms with Crippen LogP contribution in [0.4, 0.5) is 23.2 Å². The van der Waals surface area contributed by atoms with E-state index < -0.39 is 28.8 Å². The first-order valence-corrected chi connectivity index (χ1v) is 3.64. The van der Waals surface area contributed by atoms with Crippen LogP contribution in [-0.4, -0.2) is 6.18 Å². The fraction of sp³-hybridized carbons (Fsp3) is 0.111. The number of benzene rings is 1. The second-order valence-corrected chi connectivity index (χ2v) is 2.68. The molecule has 0 aliphatic heterocycles. The Morgan fingerprint density at radius 2 is 1.86 bits per heavy atom. The lowest BCUT2D eigenvalue weighted by atomic mass is 10.1. The molecule has 0 saturated carbocycles. The van der Waals surface area contributed by atoms with Gasteiger partial charge in [0.2, 0.25) is 0 Å². The summed E-state index contributed by atoms with van der Waals surface area (Å²) in [6.45, 7) is 2.83. The minimum absolute atomic E-state index is 0.419. The summed E-state index contributed by atoms with van der Waals surface area (Å²) in [5.41, 5.74) is 3.05. The maximum Gasteiger partial charge on any atom is 0.416 e. The highest BCUT2D eigenvalue weighted by Gasteiger charge is 2.34. The fourth-order valence-corrected chi connectivity index (χ4v) is 0.953. The molecule has 0 aliphatic carbocycles. The van der Waals surface area contributed by atoms with Crippen molar-refractivity contribution in [2.45, 2.75) is 6.18 Å². The van der Waals surface area contributed by atoms with Crippen molar-refractivity contribution < 1.29 is 17.6 Å². The first-order valence-electron chi connectivity index (χ1n) is 3.64. The summed E-state index contributed by atoms with van der Waals surface area (Å²) in [7, 11) is 0. The summed E-state index contributed by atoms with van der Waals surface area (Å²) in [5.74, 6) is -0.882. The van der Waals surface area contributed by atoms with Gasteiger partial charge in [-0.1, -0.05) is 18.7 Å². The Hall–Kier alpha value is -1.52. The molecule has 0 spiro atoms. The molecule has 14 heavy (non-hydrogen) atoms. The molecule has 0 radical (unpaired) electrons. The number of nitrogen functional groups attached to an aromatic ring is 1. The number of alkyl halides is 3. The Balaban J connectivity index is 3.21. The summed E-state index contributed by atoms with van der Waals surface area (Å²) in [5, 5.41) is 0. The van der Waals surface area contributed by atoms with Crippen LogP contribution in [0.3, 0.4) is 0 Å². The minimum atomic E-state index is -4.60. The monoisotopic (exact) mass is 205 g/mol. The van der Waals surface area contributed by atoms with Crippen molar-refractivity contribution in [3.63, 3.8) is 0 Å². The second kappa shape index (κ2) is 3.32. The Morgan fingerprint density at radius 1 is 1.29 bits per heavy atom. The molecular formula is C9H7F4N. The molecule has 5 heteroatoms. The van der Waals surface area contributed by atoms with Crippen molar-refractivity contribution in [3.05, 3.63) is 36.2 Å². The molecule has 0 aromatic heterocycles. The summed E-state index contributed by atoms with van der Waals surface area (Å²) in [6, 6.07) is 3.22. The van der Waals surface area contributed by atoms with Crippen molar-refractivity contribution in [3.8, 4) is 0 Å². The van der Waals surface area contributed by atoms with Crippen LogP contribution in [0.2, 0.25) is 0 Å². The zero-order valence-corrected chi connectivity index (χ0v) is 7.03. The van der Waals surface area contributed by atoms with Crippen molar-refractivity contribution in [2.75, 3.05) is 5.73 Å². The largest absolute Gasteiger partial charge is 0.416 e. The molecule has 0 aliphatic rings. The van der Waals surface area contributed by atoms with Gasteiger partial charge in [0.1, 0.15) is 5.82 Å². The van der Waals surface area contributed by atoms with E-state index in [0.717, 1.165) is 18.2 Å². The predicted molar refractivity (Wildman–Crippen MR) is 45.9 cm³/mol. The van der Waals surface area contributed by atoms with Gasteiger partial charge < -0.3 is 5.73 Å². The lowest BCUT2D eigenvalue weighted by Gasteiger charge is -2.12. The summed E-state index contributed by atoms with van der Waals surface area (Å²) in [4.78, 5) is 0.